The summed E-state index contributed by atoms with van der Waals surface area (Å²) in [5, 5.41) is 1.77. The van der Waals surface area contributed by atoms with Gasteiger partial charge >= 0.3 is 0 Å². The van der Waals surface area contributed by atoms with Crippen LogP contribution in [0.1, 0.15) is 11.1 Å². The fraction of sp³-hybridized carbons (Fsp3) is 0.125. The van der Waals surface area contributed by atoms with E-state index < -0.39 is 0 Å². The monoisotopic (exact) mass is 273 g/mol. The van der Waals surface area contributed by atoms with Gasteiger partial charge in [0, 0.05) is 28.7 Å². The molecule has 0 spiro atoms. The van der Waals surface area contributed by atoms with E-state index in [9.17, 15) is 4.39 Å². The summed E-state index contributed by atoms with van der Waals surface area (Å²) in [5.74, 6) is -0.199. The van der Waals surface area contributed by atoms with Crippen molar-refractivity contribution in [1.82, 2.24) is 4.57 Å². The predicted molar refractivity (Wildman–Crippen MR) is 77.2 cm³/mol. The second-order valence-electron chi connectivity index (χ2n) is 4.69. The zero-order valence-corrected chi connectivity index (χ0v) is 11.3. The molecule has 2 aromatic carbocycles. The van der Waals surface area contributed by atoms with Crippen LogP contribution in [0.25, 0.3) is 10.9 Å². The minimum atomic E-state index is -0.199. The number of halogens is 2. The average molecular weight is 274 g/mol. The molecule has 3 heteroatoms. The van der Waals surface area contributed by atoms with Gasteiger partial charge in [0.1, 0.15) is 5.82 Å². The molecule has 0 atom stereocenters. The molecule has 1 heterocycles. The summed E-state index contributed by atoms with van der Waals surface area (Å²) in [4.78, 5) is 0. The van der Waals surface area contributed by atoms with E-state index in [0.29, 0.717) is 6.54 Å². The minimum Gasteiger partial charge on any atom is -0.343 e. The van der Waals surface area contributed by atoms with Crippen molar-refractivity contribution in [3.63, 3.8) is 0 Å². The number of hydrogen-bond donors (Lipinski definition) is 0. The minimum absolute atomic E-state index is 0.199. The number of aryl methyl sites for hydroxylation is 1. The van der Waals surface area contributed by atoms with E-state index in [1.807, 2.05) is 43.5 Å². The average Bonchev–Trinajstić information content (AvgIpc) is 2.79. The molecule has 1 nitrogen and oxygen atoms in total. The van der Waals surface area contributed by atoms with Gasteiger partial charge in [-0.3, -0.25) is 0 Å². The standard InChI is InChI=1S/C16H13ClFN/c1-11-5-6-13(18)9-12(11)10-19-8-7-14-15(17)3-2-4-16(14)19/h2-9H,10H2,1H3. The lowest BCUT2D eigenvalue weighted by Gasteiger charge is -2.09. The molecular formula is C16H13ClFN. The summed E-state index contributed by atoms with van der Waals surface area (Å²) in [6.07, 6.45) is 1.99. The zero-order chi connectivity index (χ0) is 13.4. The molecule has 3 rings (SSSR count). The molecular weight excluding hydrogens is 261 g/mol. The van der Waals surface area contributed by atoms with Crippen molar-refractivity contribution in [3.8, 4) is 0 Å². The van der Waals surface area contributed by atoms with Crippen molar-refractivity contribution in [2.24, 2.45) is 0 Å². The van der Waals surface area contributed by atoms with Crippen LogP contribution in [-0.4, -0.2) is 4.57 Å². The van der Waals surface area contributed by atoms with Gasteiger partial charge in [-0.05, 0) is 48.4 Å². The highest BCUT2D eigenvalue weighted by molar-refractivity contribution is 6.35. The van der Waals surface area contributed by atoms with Gasteiger partial charge in [0.25, 0.3) is 0 Å². The van der Waals surface area contributed by atoms with Gasteiger partial charge in [0.15, 0.2) is 0 Å². The van der Waals surface area contributed by atoms with Crippen LogP contribution in [0.5, 0.6) is 0 Å². The molecule has 1 aromatic heterocycles. The van der Waals surface area contributed by atoms with E-state index >= 15 is 0 Å². The van der Waals surface area contributed by atoms with Crippen LogP contribution in [0.3, 0.4) is 0 Å². The van der Waals surface area contributed by atoms with Crippen molar-refractivity contribution in [2.75, 3.05) is 0 Å². The lowest BCUT2D eigenvalue weighted by atomic mass is 10.1. The van der Waals surface area contributed by atoms with Crippen LogP contribution < -0.4 is 0 Å². The second kappa shape index (κ2) is 4.71. The van der Waals surface area contributed by atoms with E-state index in [-0.39, 0.29) is 5.82 Å². The predicted octanol–water partition coefficient (Wildman–Crippen LogP) is 4.79. The third kappa shape index (κ3) is 2.24. The lowest BCUT2D eigenvalue weighted by Crippen LogP contribution is -2.00. The number of benzene rings is 2. The SMILES string of the molecule is Cc1ccc(F)cc1Cn1ccc2c(Cl)cccc21. The van der Waals surface area contributed by atoms with Gasteiger partial charge in [0.05, 0.1) is 0 Å². The first-order valence-corrected chi connectivity index (χ1v) is 6.51. The summed E-state index contributed by atoms with van der Waals surface area (Å²) >= 11 is 6.16. The maximum Gasteiger partial charge on any atom is 0.123 e. The van der Waals surface area contributed by atoms with Crippen LogP contribution >= 0.6 is 11.6 Å². The molecule has 0 aliphatic rings. The molecule has 0 bridgehead atoms. The van der Waals surface area contributed by atoms with Crippen LogP contribution in [0.2, 0.25) is 5.02 Å². The first-order valence-electron chi connectivity index (χ1n) is 6.13. The molecule has 0 saturated heterocycles. The molecule has 0 radical (unpaired) electrons. The number of aromatic nitrogens is 1. The Bertz CT molecular complexity index is 746. The Kier molecular flexibility index (Phi) is 3.03. The van der Waals surface area contributed by atoms with Crippen LogP contribution in [0.4, 0.5) is 4.39 Å². The third-order valence-corrected chi connectivity index (χ3v) is 3.74. The van der Waals surface area contributed by atoms with Crippen molar-refractivity contribution in [1.29, 1.82) is 0 Å². The molecule has 96 valence electrons. The van der Waals surface area contributed by atoms with Crippen LogP contribution in [0, 0.1) is 12.7 Å². The van der Waals surface area contributed by atoms with E-state index in [1.54, 1.807) is 6.07 Å². The highest BCUT2D eigenvalue weighted by Gasteiger charge is 2.06. The number of fused-ring (bicyclic) bond motifs is 1. The fourth-order valence-electron chi connectivity index (χ4n) is 2.32. The van der Waals surface area contributed by atoms with E-state index in [0.717, 1.165) is 27.1 Å². The first kappa shape index (κ1) is 12.2. The lowest BCUT2D eigenvalue weighted by molar-refractivity contribution is 0.623. The zero-order valence-electron chi connectivity index (χ0n) is 10.5. The summed E-state index contributed by atoms with van der Waals surface area (Å²) in [6.45, 7) is 2.64. The Morgan fingerprint density at radius 3 is 2.84 bits per heavy atom. The Morgan fingerprint density at radius 2 is 2.00 bits per heavy atom. The molecule has 0 aliphatic carbocycles. The molecule has 0 N–H and O–H groups in total. The molecule has 0 saturated carbocycles. The molecule has 3 aromatic rings. The molecule has 19 heavy (non-hydrogen) atoms. The Hall–Kier alpha value is -1.80. The van der Waals surface area contributed by atoms with E-state index in [1.165, 1.54) is 6.07 Å². The summed E-state index contributed by atoms with van der Waals surface area (Å²) in [7, 11) is 0. The van der Waals surface area contributed by atoms with Gasteiger partial charge in [-0.25, -0.2) is 4.39 Å². The van der Waals surface area contributed by atoms with E-state index in [2.05, 4.69) is 4.57 Å². The normalized spacial score (nSPS) is 11.1. The van der Waals surface area contributed by atoms with Gasteiger partial charge in [-0.2, -0.15) is 0 Å². The van der Waals surface area contributed by atoms with Crippen molar-refractivity contribution < 1.29 is 4.39 Å². The maximum absolute atomic E-state index is 13.3. The van der Waals surface area contributed by atoms with Crippen molar-refractivity contribution in [2.45, 2.75) is 13.5 Å². The summed E-state index contributed by atoms with van der Waals surface area (Å²) < 4.78 is 15.4. The Balaban J connectivity index is 2.06. The summed E-state index contributed by atoms with van der Waals surface area (Å²) in [5.41, 5.74) is 3.14. The Morgan fingerprint density at radius 1 is 1.16 bits per heavy atom. The Labute approximate surface area is 116 Å². The molecule has 0 unspecified atom stereocenters. The number of rotatable bonds is 2. The number of nitrogens with zero attached hydrogens (tertiary/aromatic N) is 1. The number of hydrogen-bond acceptors (Lipinski definition) is 0. The third-order valence-electron chi connectivity index (χ3n) is 3.41. The molecule has 0 aliphatic heterocycles. The largest absolute Gasteiger partial charge is 0.343 e. The smallest absolute Gasteiger partial charge is 0.123 e. The van der Waals surface area contributed by atoms with Gasteiger partial charge < -0.3 is 4.57 Å². The highest BCUT2D eigenvalue weighted by Crippen LogP contribution is 2.25. The van der Waals surface area contributed by atoms with Crippen molar-refractivity contribution >= 4 is 22.5 Å². The van der Waals surface area contributed by atoms with Gasteiger partial charge in [-0.1, -0.05) is 23.7 Å². The van der Waals surface area contributed by atoms with E-state index in [4.69, 9.17) is 11.6 Å². The molecule has 0 amide bonds. The van der Waals surface area contributed by atoms with Crippen LogP contribution in [0.15, 0.2) is 48.7 Å². The van der Waals surface area contributed by atoms with Gasteiger partial charge in [-0.15, -0.1) is 0 Å². The maximum atomic E-state index is 13.3. The second-order valence-corrected chi connectivity index (χ2v) is 5.09. The van der Waals surface area contributed by atoms with Crippen LogP contribution in [-0.2, 0) is 6.54 Å². The first-order chi connectivity index (χ1) is 9.15. The van der Waals surface area contributed by atoms with Gasteiger partial charge in [0.2, 0.25) is 0 Å². The summed E-state index contributed by atoms with van der Waals surface area (Å²) in [6, 6.07) is 12.7. The fourth-order valence-corrected chi connectivity index (χ4v) is 2.55. The topological polar surface area (TPSA) is 4.93 Å². The van der Waals surface area contributed by atoms with Crippen molar-refractivity contribution in [3.05, 3.63) is 70.6 Å². The highest BCUT2D eigenvalue weighted by atomic mass is 35.5. The quantitative estimate of drug-likeness (QED) is 0.633. The molecule has 0 fully saturated rings.